The molecule has 132 valence electrons. The lowest BCUT2D eigenvalue weighted by atomic mass is 10.1. The monoisotopic (exact) mass is 333 g/mol. The lowest BCUT2D eigenvalue weighted by molar-refractivity contribution is 0.0423. The molecule has 0 rings (SSSR count). The molecule has 0 aromatic carbocycles. The summed E-state index contributed by atoms with van der Waals surface area (Å²) in [6.07, 6.45) is -0.191. The van der Waals surface area contributed by atoms with Gasteiger partial charge in [-0.3, -0.25) is 0 Å². The lowest BCUT2D eigenvalue weighted by Crippen LogP contribution is -2.51. The van der Waals surface area contributed by atoms with E-state index in [1.807, 2.05) is 27.7 Å². The van der Waals surface area contributed by atoms with Gasteiger partial charge in [0, 0.05) is 6.61 Å². The maximum absolute atomic E-state index is 11.9. The van der Waals surface area contributed by atoms with Crippen molar-refractivity contribution in [3.05, 3.63) is 0 Å². The van der Waals surface area contributed by atoms with Crippen molar-refractivity contribution < 1.29 is 19.1 Å². The van der Waals surface area contributed by atoms with E-state index < -0.39 is 20.0 Å². The van der Waals surface area contributed by atoms with Crippen LogP contribution in [0.3, 0.4) is 0 Å². The molecule has 0 aromatic heterocycles. The van der Waals surface area contributed by atoms with Crippen LogP contribution in [0.4, 0.5) is 4.79 Å². The van der Waals surface area contributed by atoms with Crippen LogP contribution in [-0.2, 0) is 9.16 Å². The second-order valence-electron chi connectivity index (χ2n) is 8.36. The lowest BCUT2D eigenvalue weighted by Gasteiger charge is -2.41. The number of ether oxygens (including phenoxy) is 1. The molecule has 0 heterocycles. The summed E-state index contributed by atoms with van der Waals surface area (Å²) in [6, 6.07) is -0.226. The van der Waals surface area contributed by atoms with E-state index in [1.165, 1.54) is 0 Å². The standard InChI is InChI=1S/C16H35NO4Si/c1-12(17-14(19)20-15(2,3)4)13(10-11-18)21-22(8,9)16(5,6)7/h12-13,18H,10-11H2,1-9H3,(H,17,19)/t12-,13?/m1/s1. The fraction of sp³-hybridized carbons (Fsp3) is 0.938. The van der Waals surface area contributed by atoms with Crippen molar-refractivity contribution in [2.24, 2.45) is 0 Å². The number of hydrogen-bond acceptors (Lipinski definition) is 4. The smallest absolute Gasteiger partial charge is 0.407 e. The van der Waals surface area contributed by atoms with Crippen LogP contribution in [0.1, 0.15) is 54.9 Å². The van der Waals surface area contributed by atoms with Crippen molar-refractivity contribution in [1.82, 2.24) is 5.32 Å². The summed E-state index contributed by atoms with van der Waals surface area (Å²) in [5, 5.41) is 12.2. The minimum Gasteiger partial charge on any atom is -0.444 e. The van der Waals surface area contributed by atoms with E-state index in [0.717, 1.165) is 0 Å². The van der Waals surface area contributed by atoms with Crippen LogP contribution in [0.2, 0.25) is 18.1 Å². The molecule has 1 amide bonds. The Bertz CT molecular complexity index is 358. The van der Waals surface area contributed by atoms with Crippen LogP contribution in [0.25, 0.3) is 0 Å². The van der Waals surface area contributed by atoms with E-state index in [9.17, 15) is 9.90 Å². The molecule has 0 radical (unpaired) electrons. The van der Waals surface area contributed by atoms with E-state index in [-0.39, 0.29) is 23.8 Å². The van der Waals surface area contributed by atoms with Crippen LogP contribution < -0.4 is 5.32 Å². The molecule has 0 saturated heterocycles. The van der Waals surface area contributed by atoms with Crippen molar-refractivity contribution in [3.63, 3.8) is 0 Å². The van der Waals surface area contributed by atoms with Gasteiger partial charge in [0.15, 0.2) is 8.32 Å². The zero-order chi connectivity index (χ0) is 17.8. The van der Waals surface area contributed by atoms with Gasteiger partial charge < -0.3 is 19.6 Å². The molecule has 0 aromatic rings. The SMILES string of the molecule is C[C@@H](NC(=O)OC(C)(C)C)C(CCO)O[Si](C)(C)C(C)(C)C. The molecular formula is C16H35NO4Si. The number of nitrogens with one attached hydrogen (secondary N) is 1. The van der Waals surface area contributed by atoms with Gasteiger partial charge in [0.05, 0.1) is 12.1 Å². The van der Waals surface area contributed by atoms with Gasteiger partial charge in [0.25, 0.3) is 0 Å². The molecule has 2 atom stereocenters. The van der Waals surface area contributed by atoms with Crippen molar-refractivity contribution in [2.75, 3.05) is 6.61 Å². The van der Waals surface area contributed by atoms with E-state index in [4.69, 9.17) is 9.16 Å². The van der Waals surface area contributed by atoms with Gasteiger partial charge in [-0.15, -0.1) is 0 Å². The van der Waals surface area contributed by atoms with Gasteiger partial charge in [-0.1, -0.05) is 20.8 Å². The fourth-order valence-corrected chi connectivity index (χ4v) is 3.11. The van der Waals surface area contributed by atoms with Gasteiger partial charge in [0.2, 0.25) is 0 Å². The van der Waals surface area contributed by atoms with Crippen molar-refractivity contribution in [1.29, 1.82) is 0 Å². The normalized spacial score (nSPS) is 16.1. The first-order valence-electron chi connectivity index (χ1n) is 7.98. The number of hydrogen-bond donors (Lipinski definition) is 2. The molecule has 0 aliphatic carbocycles. The molecule has 0 aliphatic heterocycles. The first kappa shape index (κ1) is 21.4. The first-order chi connectivity index (χ1) is 9.69. The fourth-order valence-electron chi connectivity index (χ4n) is 1.68. The van der Waals surface area contributed by atoms with E-state index in [0.29, 0.717) is 6.42 Å². The highest BCUT2D eigenvalue weighted by Crippen LogP contribution is 2.37. The Morgan fingerprint density at radius 1 is 1.18 bits per heavy atom. The van der Waals surface area contributed by atoms with Gasteiger partial charge in [-0.05, 0) is 52.2 Å². The number of amides is 1. The summed E-state index contributed by atoms with van der Waals surface area (Å²) >= 11 is 0. The van der Waals surface area contributed by atoms with Crippen molar-refractivity contribution in [2.45, 2.75) is 90.8 Å². The van der Waals surface area contributed by atoms with Crippen LogP contribution in [0, 0.1) is 0 Å². The van der Waals surface area contributed by atoms with Gasteiger partial charge in [-0.25, -0.2) is 4.79 Å². The molecule has 0 spiro atoms. The zero-order valence-corrected chi connectivity index (χ0v) is 16.7. The topological polar surface area (TPSA) is 67.8 Å². The van der Waals surface area contributed by atoms with E-state index in [1.54, 1.807) is 0 Å². The third kappa shape index (κ3) is 7.60. The minimum atomic E-state index is -1.97. The van der Waals surface area contributed by atoms with Crippen LogP contribution in [0.15, 0.2) is 0 Å². The molecule has 0 fully saturated rings. The second kappa shape index (κ2) is 7.79. The summed E-state index contributed by atoms with van der Waals surface area (Å²) in [5.74, 6) is 0. The molecule has 0 bridgehead atoms. The van der Waals surface area contributed by atoms with Gasteiger partial charge in [0.1, 0.15) is 5.60 Å². The minimum absolute atomic E-state index is 0.0274. The van der Waals surface area contributed by atoms with Crippen LogP contribution >= 0.6 is 0 Å². The Morgan fingerprint density at radius 3 is 2.05 bits per heavy atom. The number of carbonyl (C=O) groups excluding carboxylic acids is 1. The van der Waals surface area contributed by atoms with Gasteiger partial charge >= 0.3 is 6.09 Å². The third-order valence-electron chi connectivity index (χ3n) is 3.97. The Morgan fingerprint density at radius 2 is 1.68 bits per heavy atom. The Kier molecular flexibility index (Phi) is 7.58. The molecular weight excluding hydrogens is 298 g/mol. The molecule has 0 aliphatic rings. The van der Waals surface area contributed by atoms with E-state index >= 15 is 0 Å². The molecule has 0 saturated carbocycles. The highest BCUT2D eigenvalue weighted by molar-refractivity contribution is 6.74. The predicted molar refractivity (Wildman–Crippen MR) is 92.6 cm³/mol. The van der Waals surface area contributed by atoms with Crippen molar-refractivity contribution >= 4 is 14.4 Å². The second-order valence-corrected chi connectivity index (χ2v) is 13.1. The highest BCUT2D eigenvalue weighted by Gasteiger charge is 2.40. The summed E-state index contributed by atoms with van der Waals surface area (Å²) in [7, 11) is -1.97. The molecule has 1 unspecified atom stereocenters. The summed E-state index contributed by atoms with van der Waals surface area (Å²) in [5.41, 5.74) is -0.531. The molecule has 6 heteroatoms. The third-order valence-corrected chi connectivity index (χ3v) is 8.47. The number of alkyl carbamates (subject to hydrolysis) is 1. The average Bonchev–Trinajstić information content (AvgIpc) is 2.23. The maximum atomic E-state index is 11.9. The summed E-state index contributed by atoms with van der Waals surface area (Å²) < 4.78 is 11.6. The number of aliphatic hydroxyl groups excluding tert-OH is 1. The molecule has 2 N–H and O–H groups in total. The number of rotatable bonds is 6. The maximum Gasteiger partial charge on any atom is 0.407 e. The quantitative estimate of drug-likeness (QED) is 0.728. The molecule has 22 heavy (non-hydrogen) atoms. The number of carbonyl (C=O) groups is 1. The summed E-state index contributed by atoms with van der Waals surface area (Å²) in [4.78, 5) is 11.9. The largest absolute Gasteiger partial charge is 0.444 e. The molecule has 5 nitrogen and oxygen atoms in total. The Balaban J connectivity index is 4.84. The first-order valence-corrected chi connectivity index (χ1v) is 10.9. The Labute approximate surface area is 136 Å². The van der Waals surface area contributed by atoms with Crippen molar-refractivity contribution in [3.8, 4) is 0 Å². The number of aliphatic hydroxyl groups is 1. The van der Waals surface area contributed by atoms with E-state index in [2.05, 4.69) is 39.2 Å². The highest BCUT2D eigenvalue weighted by atomic mass is 28.4. The zero-order valence-electron chi connectivity index (χ0n) is 15.7. The van der Waals surface area contributed by atoms with Crippen LogP contribution in [0.5, 0.6) is 0 Å². The summed E-state index contributed by atoms with van der Waals surface area (Å²) in [6.45, 7) is 18.2. The van der Waals surface area contributed by atoms with Gasteiger partial charge in [-0.2, -0.15) is 0 Å². The Hall–Kier alpha value is -0.593. The average molecular weight is 334 g/mol. The van der Waals surface area contributed by atoms with Crippen LogP contribution in [-0.4, -0.2) is 43.9 Å². The predicted octanol–water partition coefficient (Wildman–Crippen LogP) is 3.67.